The molecule has 0 fully saturated rings. The molecule has 6 heteroatoms. The zero-order chi connectivity index (χ0) is 17.7. The Morgan fingerprint density at radius 3 is 2.38 bits per heavy atom. The Labute approximate surface area is 138 Å². The lowest BCUT2D eigenvalue weighted by molar-refractivity contribution is -0.137. The minimum absolute atomic E-state index is 0.0758. The van der Waals surface area contributed by atoms with Crippen LogP contribution in [-0.4, -0.2) is 19.6 Å². The van der Waals surface area contributed by atoms with Crippen molar-refractivity contribution >= 4 is 5.91 Å². The van der Waals surface area contributed by atoms with E-state index in [9.17, 15) is 18.0 Å². The van der Waals surface area contributed by atoms with Gasteiger partial charge >= 0.3 is 6.18 Å². The number of carbonyl (C=O) groups excluding carboxylic acids is 1. The van der Waals surface area contributed by atoms with E-state index in [2.05, 4.69) is 5.32 Å². The lowest BCUT2D eigenvalue weighted by atomic mass is 10.0. The molecule has 0 heterocycles. The van der Waals surface area contributed by atoms with Crippen molar-refractivity contribution in [2.24, 2.45) is 0 Å². The third kappa shape index (κ3) is 4.14. The van der Waals surface area contributed by atoms with E-state index in [1.807, 2.05) is 31.2 Å². The second kappa shape index (κ2) is 7.49. The van der Waals surface area contributed by atoms with Crippen molar-refractivity contribution in [1.82, 2.24) is 5.32 Å². The minimum Gasteiger partial charge on any atom is -0.375 e. The van der Waals surface area contributed by atoms with E-state index in [1.165, 1.54) is 19.2 Å². The van der Waals surface area contributed by atoms with Crippen LogP contribution in [0.5, 0.6) is 0 Å². The first-order chi connectivity index (χ1) is 11.3. The summed E-state index contributed by atoms with van der Waals surface area (Å²) in [6, 6.07) is 12.2. The van der Waals surface area contributed by atoms with Crippen LogP contribution >= 0.6 is 0 Å². The summed E-state index contributed by atoms with van der Waals surface area (Å²) >= 11 is 0. The summed E-state index contributed by atoms with van der Waals surface area (Å²) in [6.45, 7) is 1.98. The van der Waals surface area contributed by atoms with Gasteiger partial charge in [0.15, 0.2) is 0 Å². The molecule has 0 aliphatic carbocycles. The monoisotopic (exact) mass is 337 g/mol. The summed E-state index contributed by atoms with van der Waals surface area (Å²) in [4.78, 5) is 12.2. The van der Waals surface area contributed by atoms with E-state index in [1.54, 1.807) is 0 Å². The van der Waals surface area contributed by atoms with Gasteiger partial charge in [0.25, 0.3) is 5.91 Å². The van der Waals surface area contributed by atoms with Crippen LogP contribution in [0.15, 0.2) is 48.5 Å². The zero-order valence-electron chi connectivity index (χ0n) is 13.4. The van der Waals surface area contributed by atoms with Gasteiger partial charge in [0.05, 0.1) is 17.2 Å². The lowest BCUT2D eigenvalue weighted by Crippen LogP contribution is -2.31. The maximum atomic E-state index is 13.0. The predicted octanol–water partition coefficient (Wildman–Crippen LogP) is 4.13. The van der Waals surface area contributed by atoms with Crippen LogP contribution in [0.25, 0.3) is 0 Å². The van der Waals surface area contributed by atoms with Gasteiger partial charge in [0.1, 0.15) is 0 Å². The van der Waals surface area contributed by atoms with E-state index in [4.69, 9.17) is 4.74 Å². The molecular weight excluding hydrogens is 319 g/mol. The fourth-order valence-electron chi connectivity index (χ4n) is 2.48. The average molecular weight is 337 g/mol. The first-order valence-corrected chi connectivity index (χ1v) is 7.37. The largest absolute Gasteiger partial charge is 0.417 e. The number of hydrogen-bond acceptors (Lipinski definition) is 2. The van der Waals surface area contributed by atoms with Crippen molar-refractivity contribution < 1.29 is 22.7 Å². The van der Waals surface area contributed by atoms with Gasteiger partial charge in [0, 0.05) is 13.7 Å². The number of rotatable bonds is 5. The van der Waals surface area contributed by atoms with Gasteiger partial charge < -0.3 is 10.1 Å². The number of methoxy groups -OCH3 is 1. The second-order valence-corrected chi connectivity index (χ2v) is 5.33. The van der Waals surface area contributed by atoms with Crippen LogP contribution in [0, 0.1) is 6.92 Å². The average Bonchev–Trinajstić information content (AvgIpc) is 2.56. The van der Waals surface area contributed by atoms with Gasteiger partial charge in [-0.15, -0.1) is 0 Å². The summed E-state index contributed by atoms with van der Waals surface area (Å²) in [5.41, 5.74) is 0.510. The Morgan fingerprint density at radius 2 is 1.75 bits per heavy atom. The Morgan fingerprint density at radius 1 is 1.12 bits per heavy atom. The number of aryl methyl sites for hydroxylation is 1. The van der Waals surface area contributed by atoms with E-state index in [0.29, 0.717) is 0 Å². The number of nitrogens with one attached hydrogen (secondary N) is 1. The van der Waals surface area contributed by atoms with Crippen LogP contribution in [0.4, 0.5) is 13.2 Å². The normalized spacial score (nSPS) is 12.7. The molecule has 0 aromatic heterocycles. The maximum absolute atomic E-state index is 13.0. The zero-order valence-corrected chi connectivity index (χ0v) is 13.4. The fourth-order valence-corrected chi connectivity index (χ4v) is 2.48. The SMILES string of the molecule is COC(CNC(=O)c1ccccc1C(F)(F)F)c1ccccc1C. The Hall–Kier alpha value is -2.34. The molecule has 1 unspecified atom stereocenters. The number of hydrogen-bond donors (Lipinski definition) is 1. The van der Waals surface area contributed by atoms with E-state index in [0.717, 1.165) is 23.3 Å². The van der Waals surface area contributed by atoms with Crippen LogP contribution in [-0.2, 0) is 10.9 Å². The van der Waals surface area contributed by atoms with Crippen molar-refractivity contribution in [3.63, 3.8) is 0 Å². The summed E-state index contributed by atoms with van der Waals surface area (Å²) < 4.78 is 44.3. The van der Waals surface area contributed by atoms with Crippen LogP contribution in [0.1, 0.15) is 33.2 Å². The van der Waals surface area contributed by atoms with Crippen molar-refractivity contribution in [2.75, 3.05) is 13.7 Å². The fraction of sp³-hybridized carbons (Fsp3) is 0.278. The molecule has 2 aromatic rings. The highest BCUT2D eigenvalue weighted by Crippen LogP contribution is 2.31. The Balaban J connectivity index is 2.15. The van der Waals surface area contributed by atoms with Gasteiger partial charge in [-0.25, -0.2) is 0 Å². The molecule has 3 nitrogen and oxygen atoms in total. The van der Waals surface area contributed by atoms with Crippen molar-refractivity contribution in [2.45, 2.75) is 19.2 Å². The van der Waals surface area contributed by atoms with Gasteiger partial charge in [-0.1, -0.05) is 36.4 Å². The lowest BCUT2D eigenvalue weighted by Gasteiger charge is -2.19. The van der Waals surface area contributed by atoms with Crippen LogP contribution in [0.3, 0.4) is 0 Å². The smallest absolute Gasteiger partial charge is 0.375 e. The molecular formula is C18H18F3NO2. The number of carbonyl (C=O) groups is 1. The topological polar surface area (TPSA) is 38.3 Å². The molecule has 2 aromatic carbocycles. The van der Waals surface area contributed by atoms with Gasteiger partial charge in [-0.3, -0.25) is 4.79 Å². The van der Waals surface area contributed by atoms with E-state index in [-0.39, 0.29) is 6.54 Å². The quantitative estimate of drug-likeness (QED) is 0.891. The molecule has 0 aliphatic rings. The molecule has 0 saturated heterocycles. The minimum atomic E-state index is -4.58. The number of alkyl halides is 3. The summed E-state index contributed by atoms with van der Waals surface area (Å²) in [5.74, 6) is -0.779. The number of halogens is 3. The molecule has 24 heavy (non-hydrogen) atoms. The number of ether oxygens (including phenoxy) is 1. The second-order valence-electron chi connectivity index (χ2n) is 5.33. The van der Waals surface area contributed by atoms with Crippen molar-refractivity contribution in [3.05, 3.63) is 70.8 Å². The van der Waals surface area contributed by atoms with E-state index >= 15 is 0 Å². The van der Waals surface area contributed by atoms with E-state index < -0.39 is 29.3 Å². The molecule has 0 spiro atoms. The third-order valence-electron chi connectivity index (χ3n) is 3.74. The number of amides is 1. The highest BCUT2D eigenvalue weighted by molar-refractivity contribution is 5.95. The molecule has 2 rings (SSSR count). The molecule has 0 aliphatic heterocycles. The molecule has 0 radical (unpaired) electrons. The molecule has 1 atom stereocenters. The van der Waals surface area contributed by atoms with Crippen LogP contribution in [0.2, 0.25) is 0 Å². The standard InChI is InChI=1S/C18H18F3NO2/c1-12-7-3-4-8-13(12)16(24-2)11-22-17(23)14-9-5-6-10-15(14)18(19,20)21/h3-10,16H,11H2,1-2H3,(H,22,23). The maximum Gasteiger partial charge on any atom is 0.417 e. The Bertz CT molecular complexity index is 713. The van der Waals surface area contributed by atoms with Gasteiger partial charge in [-0.05, 0) is 30.2 Å². The van der Waals surface area contributed by atoms with Crippen molar-refractivity contribution in [1.29, 1.82) is 0 Å². The predicted molar refractivity (Wildman–Crippen MR) is 84.7 cm³/mol. The Kier molecular flexibility index (Phi) is 5.62. The number of benzene rings is 2. The first kappa shape index (κ1) is 18.0. The molecule has 1 amide bonds. The summed E-state index contributed by atoms with van der Waals surface area (Å²) in [5, 5.41) is 2.52. The van der Waals surface area contributed by atoms with Crippen molar-refractivity contribution in [3.8, 4) is 0 Å². The highest BCUT2D eigenvalue weighted by Gasteiger charge is 2.34. The van der Waals surface area contributed by atoms with Gasteiger partial charge in [-0.2, -0.15) is 13.2 Å². The first-order valence-electron chi connectivity index (χ1n) is 7.37. The molecule has 0 saturated carbocycles. The molecule has 1 N–H and O–H groups in total. The molecule has 128 valence electrons. The highest BCUT2D eigenvalue weighted by atomic mass is 19.4. The van der Waals surface area contributed by atoms with Gasteiger partial charge in [0.2, 0.25) is 0 Å². The third-order valence-corrected chi connectivity index (χ3v) is 3.74. The molecule has 0 bridgehead atoms. The summed E-state index contributed by atoms with van der Waals surface area (Å²) in [6.07, 6.45) is -5.02. The summed E-state index contributed by atoms with van der Waals surface area (Å²) in [7, 11) is 1.49. The van der Waals surface area contributed by atoms with Crippen LogP contribution < -0.4 is 5.32 Å².